The van der Waals surface area contributed by atoms with Crippen molar-refractivity contribution in [2.24, 2.45) is 0 Å². The Labute approximate surface area is 114 Å². The van der Waals surface area contributed by atoms with E-state index in [1.165, 1.54) is 19.3 Å². The molecule has 0 atom stereocenters. The molecule has 1 heterocycles. The van der Waals surface area contributed by atoms with E-state index in [0.29, 0.717) is 17.3 Å². The van der Waals surface area contributed by atoms with Gasteiger partial charge in [0.15, 0.2) is 0 Å². The van der Waals surface area contributed by atoms with Crippen molar-refractivity contribution in [2.75, 3.05) is 7.05 Å². The molecule has 19 heavy (non-hydrogen) atoms. The summed E-state index contributed by atoms with van der Waals surface area (Å²) in [5.41, 5.74) is 1.29. The van der Waals surface area contributed by atoms with Crippen LogP contribution in [0.25, 0.3) is 0 Å². The monoisotopic (exact) mass is 257 g/mol. The van der Waals surface area contributed by atoms with Crippen LogP contribution in [-0.2, 0) is 6.42 Å². The standard InChI is InChI=1S/C15H19N3O/c1-18(14-5-3-2-4-6-14)15(19)12-8-10-17-13(11-12)7-9-16/h8,10-11,14H,2-7H2,1H3. The van der Waals surface area contributed by atoms with Gasteiger partial charge in [0.05, 0.1) is 18.2 Å². The Hall–Kier alpha value is -1.89. The Morgan fingerprint density at radius 3 is 2.89 bits per heavy atom. The van der Waals surface area contributed by atoms with E-state index >= 15 is 0 Å². The lowest BCUT2D eigenvalue weighted by Gasteiger charge is -2.31. The fraction of sp³-hybridized carbons (Fsp3) is 0.533. The molecule has 1 aromatic rings. The van der Waals surface area contributed by atoms with E-state index in [-0.39, 0.29) is 12.3 Å². The maximum atomic E-state index is 12.4. The van der Waals surface area contributed by atoms with Gasteiger partial charge >= 0.3 is 0 Å². The number of aromatic nitrogens is 1. The first-order valence-corrected chi connectivity index (χ1v) is 6.81. The van der Waals surface area contributed by atoms with E-state index in [1.54, 1.807) is 18.3 Å². The summed E-state index contributed by atoms with van der Waals surface area (Å²) in [5.74, 6) is 0.0356. The number of hydrogen-bond acceptors (Lipinski definition) is 3. The predicted octanol–water partition coefficient (Wildman–Crippen LogP) is 2.55. The van der Waals surface area contributed by atoms with E-state index in [0.717, 1.165) is 12.8 Å². The van der Waals surface area contributed by atoms with Crippen LogP contribution in [0.3, 0.4) is 0 Å². The number of amides is 1. The van der Waals surface area contributed by atoms with Crippen LogP contribution in [0.4, 0.5) is 0 Å². The van der Waals surface area contributed by atoms with E-state index in [9.17, 15) is 4.79 Å². The first-order valence-electron chi connectivity index (χ1n) is 6.81. The SMILES string of the molecule is CN(C(=O)c1ccnc(CC#N)c1)C1CCCCC1. The normalized spacial score (nSPS) is 15.8. The maximum absolute atomic E-state index is 12.4. The van der Waals surface area contributed by atoms with Crippen molar-refractivity contribution in [3.63, 3.8) is 0 Å². The van der Waals surface area contributed by atoms with Crippen LogP contribution >= 0.6 is 0 Å². The average molecular weight is 257 g/mol. The van der Waals surface area contributed by atoms with Crippen molar-refractivity contribution in [3.05, 3.63) is 29.6 Å². The second kappa shape index (κ2) is 6.33. The van der Waals surface area contributed by atoms with E-state index in [1.807, 2.05) is 11.9 Å². The summed E-state index contributed by atoms with van der Waals surface area (Å²) in [7, 11) is 1.88. The van der Waals surface area contributed by atoms with Gasteiger partial charge in [0.1, 0.15) is 0 Å². The molecule has 100 valence electrons. The lowest BCUT2D eigenvalue weighted by Crippen LogP contribution is -2.38. The quantitative estimate of drug-likeness (QED) is 0.836. The molecule has 0 saturated heterocycles. The van der Waals surface area contributed by atoms with Crippen LogP contribution < -0.4 is 0 Å². The Balaban J connectivity index is 2.09. The molecule has 1 fully saturated rings. The molecule has 4 heteroatoms. The van der Waals surface area contributed by atoms with Crippen molar-refractivity contribution in [2.45, 2.75) is 44.6 Å². The van der Waals surface area contributed by atoms with Gasteiger partial charge in [0.2, 0.25) is 0 Å². The molecule has 0 bridgehead atoms. The highest BCUT2D eigenvalue weighted by Crippen LogP contribution is 2.22. The van der Waals surface area contributed by atoms with Crippen molar-refractivity contribution in [1.82, 2.24) is 9.88 Å². The molecule has 4 nitrogen and oxygen atoms in total. The molecule has 0 spiro atoms. The highest BCUT2D eigenvalue weighted by atomic mass is 16.2. The van der Waals surface area contributed by atoms with Gasteiger partial charge < -0.3 is 4.90 Å². The molecule has 1 aromatic heterocycles. The maximum Gasteiger partial charge on any atom is 0.253 e. The minimum absolute atomic E-state index is 0.0356. The second-order valence-corrected chi connectivity index (χ2v) is 5.08. The van der Waals surface area contributed by atoms with Crippen LogP contribution in [0.15, 0.2) is 18.3 Å². The van der Waals surface area contributed by atoms with Gasteiger partial charge in [-0.25, -0.2) is 0 Å². The Bertz CT molecular complexity index is 486. The average Bonchev–Trinajstić information content (AvgIpc) is 2.47. The van der Waals surface area contributed by atoms with E-state index in [2.05, 4.69) is 11.1 Å². The number of nitrogens with zero attached hydrogens (tertiary/aromatic N) is 3. The van der Waals surface area contributed by atoms with Crippen LogP contribution in [-0.4, -0.2) is 28.9 Å². The summed E-state index contributed by atoms with van der Waals surface area (Å²) in [6.07, 6.45) is 7.73. The number of pyridine rings is 1. The topological polar surface area (TPSA) is 57.0 Å². The zero-order valence-corrected chi connectivity index (χ0v) is 11.3. The fourth-order valence-corrected chi connectivity index (χ4v) is 2.63. The number of nitriles is 1. The van der Waals surface area contributed by atoms with Crippen molar-refractivity contribution < 1.29 is 4.79 Å². The lowest BCUT2D eigenvalue weighted by atomic mass is 9.94. The van der Waals surface area contributed by atoms with Gasteiger partial charge in [-0.05, 0) is 25.0 Å². The zero-order valence-electron chi connectivity index (χ0n) is 11.3. The van der Waals surface area contributed by atoms with E-state index < -0.39 is 0 Å². The number of rotatable bonds is 3. The summed E-state index contributed by atoms with van der Waals surface area (Å²) in [4.78, 5) is 18.4. The molecule has 1 aliphatic rings. The third kappa shape index (κ3) is 3.31. The second-order valence-electron chi connectivity index (χ2n) is 5.08. The van der Waals surface area contributed by atoms with Crippen molar-refractivity contribution in [3.8, 4) is 6.07 Å². The number of carbonyl (C=O) groups excluding carboxylic acids is 1. The predicted molar refractivity (Wildman–Crippen MR) is 72.5 cm³/mol. The molecule has 0 aromatic carbocycles. The minimum atomic E-state index is 0.0356. The zero-order chi connectivity index (χ0) is 13.7. The van der Waals surface area contributed by atoms with Gasteiger partial charge in [-0.3, -0.25) is 9.78 Å². The Kier molecular flexibility index (Phi) is 4.51. The largest absolute Gasteiger partial charge is 0.339 e. The Morgan fingerprint density at radius 1 is 1.47 bits per heavy atom. The molecule has 1 aliphatic carbocycles. The van der Waals surface area contributed by atoms with E-state index in [4.69, 9.17) is 5.26 Å². The minimum Gasteiger partial charge on any atom is -0.339 e. The van der Waals surface area contributed by atoms with Gasteiger partial charge in [0.25, 0.3) is 5.91 Å². The molecular weight excluding hydrogens is 238 g/mol. The summed E-state index contributed by atoms with van der Waals surface area (Å²) in [6.45, 7) is 0. The smallest absolute Gasteiger partial charge is 0.253 e. The summed E-state index contributed by atoms with van der Waals surface area (Å²) in [5, 5.41) is 8.68. The van der Waals surface area contributed by atoms with Crippen LogP contribution in [0.2, 0.25) is 0 Å². The summed E-state index contributed by atoms with van der Waals surface area (Å²) in [6, 6.07) is 5.86. The number of carbonyl (C=O) groups is 1. The lowest BCUT2D eigenvalue weighted by molar-refractivity contribution is 0.0696. The van der Waals surface area contributed by atoms with Crippen LogP contribution in [0, 0.1) is 11.3 Å². The van der Waals surface area contributed by atoms with Crippen molar-refractivity contribution in [1.29, 1.82) is 5.26 Å². The highest BCUT2D eigenvalue weighted by molar-refractivity contribution is 5.94. The molecule has 1 amide bonds. The molecule has 0 N–H and O–H groups in total. The molecular formula is C15H19N3O. The third-order valence-corrected chi connectivity index (χ3v) is 3.77. The third-order valence-electron chi connectivity index (χ3n) is 3.77. The molecule has 0 radical (unpaired) electrons. The molecule has 0 unspecified atom stereocenters. The number of hydrogen-bond donors (Lipinski definition) is 0. The highest BCUT2D eigenvalue weighted by Gasteiger charge is 2.23. The van der Waals surface area contributed by atoms with Gasteiger partial charge in [-0.15, -0.1) is 0 Å². The Morgan fingerprint density at radius 2 is 2.21 bits per heavy atom. The molecule has 0 aliphatic heterocycles. The molecule has 2 rings (SSSR count). The van der Waals surface area contributed by atoms with Crippen LogP contribution in [0.1, 0.15) is 48.2 Å². The fourth-order valence-electron chi connectivity index (χ4n) is 2.63. The molecule has 1 saturated carbocycles. The first-order chi connectivity index (χ1) is 9.22. The van der Waals surface area contributed by atoms with Gasteiger partial charge in [0, 0.05) is 24.8 Å². The van der Waals surface area contributed by atoms with Gasteiger partial charge in [-0.2, -0.15) is 5.26 Å². The van der Waals surface area contributed by atoms with Crippen molar-refractivity contribution >= 4 is 5.91 Å². The van der Waals surface area contributed by atoms with Crippen LogP contribution in [0.5, 0.6) is 0 Å². The van der Waals surface area contributed by atoms with Gasteiger partial charge in [-0.1, -0.05) is 19.3 Å². The summed E-state index contributed by atoms with van der Waals surface area (Å²) < 4.78 is 0. The summed E-state index contributed by atoms with van der Waals surface area (Å²) >= 11 is 0. The first kappa shape index (κ1) is 13.5.